The van der Waals surface area contributed by atoms with Gasteiger partial charge in [-0.15, -0.1) is 0 Å². The molecule has 2 aromatic rings. The largest absolute Gasteiger partial charge is 0.350 e. The molecule has 0 radical (unpaired) electrons. The Hall–Kier alpha value is -2.87. The van der Waals surface area contributed by atoms with Crippen LogP contribution in [0.25, 0.3) is 0 Å². The molecule has 5 rings (SSSR count). The van der Waals surface area contributed by atoms with Crippen LogP contribution in [0.1, 0.15) is 72.0 Å². The van der Waals surface area contributed by atoms with Gasteiger partial charge in [-0.25, -0.2) is 4.98 Å². The van der Waals surface area contributed by atoms with E-state index < -0.39 is 5.54 Å². The molecule has 1 aromatic carbocycles. The molecular formula is C25H30ClN5O3. The molecule has 3 aliphatic rings. The van der Waals surface area contributed by atoms with E-state index in [0.717, 1.165) is 44.1 Å². The van der Waals surface area contributed by atoms with E-state index in [1.54, 1.807) is 22.5 Å². The zero-order valence-corrected chi connectivity index (χ0v) is 20.2. The van der Waals surface area contributed by atoms with E-state index in [1.807, 2.05) is 23.1 Å². The standard InChI is InChI=1S/C25H30ClN5O3/c1-25(24(34)27-14-17-8-4-5-9-19(17)26)15-30-16-28-20(21(30)23(33)31(25)18-10-11-18)22(32)29-12-6-2-3-7-13-29/h4-5,8-9,16,18H,2-3,6-7,10-15H2,1H3,(H,27,34). The third-order valence-electron chi connectivity index (χ3n) is 7.16. The monoisotopic (exact) mass is 483 g/mol. The molecule has 3 amide bonds. The van der Waals surface area contributed by atoms with E-state index in [-0.39, 0.29) is 42.5 Å². The summed E-state index contributed by atoms with van der Waals surface area (Å²) < 4.78 is 1.68. The van der Waals surface area contributed by atoms with Crippen molar-refractivity contribution >= 4 is 29.3 Å². The van der Waals surface area contributed by atoms with Crippen molar-refractivity contribution in [3.05, 3.63) is 52.6 Å². The molecule has 9 heteroatoms. The second-order valence-corrected chi connectivity index (χ2v) is 10.1. The molecule has 2 fully saturated rings. The molecule has 1 N–H and O–H groups in total. The molecule has 1 aliphatic carbocycles. The Morgan fingerprint density at radius 1 is 1.15 bits per heavy atom. The Balaban J connectivity index is 1.41. The van der Waals surface area contributed by atoms with E-state index in [2.05, 4.69) is 10.3 Å². The lowest BCUT2D eigenvalue weighted by molar-refractivity contribution is -0.133. The lowest BCUT2D eigenvalue weighted by Gasteiger charge is -2.44. The maximum atomic E-state index is 13.8. The number of imidazole rings is 1. The molecule has 1 unspecified atom stereocenters. The average molecular weight is 484 g/mol. The molecule has 1 atom stereocenters. The summed E-state index contributed by atoms with van der Waals surface area (Å²) in [5, 5.41) is 3.56. The Morgan fingerprint density at radius 3 is 2.53 bits per heavy atom. The number of carbonyl (C=O) groups is 3. The highest BCUT2D eigenvalue weighted by atomic mass is 35.5. The lowest BCUT2D eigenvalue weighted by atomic mass is 9.93. The fourth-order valence-electron chi connectivity index (χ4n) is 5.14. The van der Waals surface area contributed by atoms with Crippen LogP contribution >= 0.6 is 11.6 Å². The van der Waals surface area contributed by atoms with Gasteiger partial charge in [-0.1, -0.05) is 42.6 Å². The summed E-state index contributed by atoms with van der Waals surface area (Å²) in [6.45, 7) is 3.70. The molecule has 3 heterocycles. The van der Waals surface area contributed by atoms with Crippen molar-refractivity contribution in [3.8, 4) is 0 Å². The minimum atomic E-state index is -1.09. The van der Waals surface area contributed by atoms with E-state index in [1.165, 1.54) is 6.33 Å². The summed E-state index contributed by atoms with van der Waals surface area (Å²) >= 11 is 6.25. The Morgan fingerprint density at radius 2 is 1.85 bits per heavy atom. The van der Waals surface area contributed by atoms with Crippen molar-refractivity contribution in [1.29, 1.82) is 0 Å². The number of rotatable bonds is 5. The number of benzene rings is 1. The SMILES string of the molecule is CC1(C(=O)NCc2ccccc2Cl)Cn2cnc(C(=O)N3CCCCCC3)c2C(=O)N1C1CC1. The Labute approximate surface area is 204 Å². The molecule has 1 saturated heterocycles. The van der Waals surface area contributed by atoms with Gasteiger partial charge < -0.3 is 19.7 Å². The van der Waals surface area contributed by atoms with Crippen LogP contribution in [-0.2, 0) is 17.9 Å². The molecule has 8 nitrogen and oxygen atoms in total. The first-order valence-corrected chi connectivity index (χ1v) is 12.5. The van der Waals surface area contributed by atoms with E-state index >= 15 is 0 Å². The number of nitrogens with one attached hydrogen (secondary N) is 1. The number of nitrogens with zero attached hydrogens (tertiary/aromatic N) is 4. The molecule has 1 aromatic heterocycles. The lowest BCUT2D eigenvalue weighted by Crippen LogP contribution is -2.64. The van der Waals surface area contributed by atoms with Gasteiger partial charge in [0, 0.05) is 30.7 Å². The molecule has 180 valence electrons. The fourth-order valence-corrected chi connectivity index (χ4v) is 5.35. The average Bonchev–Trinajstić information content (AvgIpc) is 3.61. The van der Waals surface area contributed by atoms with Gasteiger partial charge in [0.15, 0.2) is 5.69 Å². The maximum absolute atomic E-state index is 13.8. The predicted molar refractivity (Wildman–Crippen MR) is 127 cm³/mol. The molecule has 34 heavy (non-hydrogen) atoms. The second kappa shape index (κ2) is 9.06. The quantitative estimate of drug-likeness (QED) is 0.707. The highest BCUT2D eigenvalue weighted by Crippen LogP contribution is 2.39. The molecule has 1 saturated carbocycles. The number of aromatic nitrogens is 2. The number of hydrogen-bond donors (Lipinski definition) is 1. The van der Waals surface area contributed by atoms with E-state index in [0.29, 0.717) is 23.8 Å². The van der Waals surface area contributed by atoms with Gasteiger partial charge in [0.1, 0.15) is 11.2 Å². The first-order chi connectivity index (χ1) is 16.4. The zero-order valence-electron chi connectivity index (χ0n) is 19.4. The van der Waals surface area contributed by atoms with Crippen LogP contribution in [0.3, 0.4) is 0 Å². The van der Waals surface area contributed by atoms with Crippen LogP contribution in [-0.4, -0.2) is 61.7 Å². The topological polar surface area (TPSA) is 87.5 Å². The number of likely N-dealkylation sites (tertiary alicyclic amines) is 1. The van der Waals surface area contributed by atoms with Gasteiger partial charge in [0.2, 0.25) is 5.91 Å². The van der Waals surface area contributed by atoms with Gasteiger partial charge in [-0.05, 0) is 44.2 Å². The summed E-state index contributed by atoms with van der Waals surface area (Å²) in [4.78, 5) is 48.4. The van der Waals surface area contributed by atoms with Gasteiger partial charge in [0.25, 0.3) is 11.8 Å². The smallest absolute Gasteiger partial charge is 0.274 e. The van der Waals surface area contributed by atoms with Crippen LogP contribution in [0.5, 0.6) is 0 Å². The number of hydrogen-bond acceptors (Lipinski definition) is 4. The summed E-state index contributed by atoms with van der Waals surface area (Å²) in [6, 6.07) is 7.36. The van der Waals surface area contributed by atoms with Gasteiger partial charge in [-0.3, -0.25) is 14.4 Å². The number of amides is 3. The minimum Gasteiger partial charge on any atom is -0.350 e. The minimum absolute atomic E-state index is 0.00616. The van der Waals surface area contributed by atoms with Crippen molar-refractivity contribution in [3.63, 3.8) is 0 Å². The van der Waals surface area contributed by atoms with Crippen LogP contribution in [0.15, 0.2) is 30.6 Å². The summed E-state index contributed by atoms with van der Waals surface area (Å²) in [5.41, 5.74) is 0.235. The zero-order chi connectivity index (χ0) is 23.9. The molecular weight excluding hydrogens is 454 g/mol. The Kier molecular flexibility index (Phi) is 6.10. The van der Waals surface area contributed by atoms with Crippen molar-refractivity contribution in [2.45, 2.75) is 70.1 Å². The first kappa shape index (κ1) is 22.9. The summed E-state index contributed by atoms with van der Waals surface area (Å²) in [5.74, 6) is -0.723. The van der Waals surface area contributed by atoms with Crippen molar-refractivity contribution in [2.24, 2.45) is 0 Å². The van der Waals surface area contributed by atoms with Crippen molar-refractivity contribution in [1.82, 2.24) is 24.7 Å². The van der Waals surface area contributed by atoms with Crippen molar-refractivity contribution in [2.75, 3.05) is 13.1 Å². The van der Waals surface area contributed by atoms with Crippen molar-refractivity contribution < 1.29 is 14.4 Å². The summed E-state index contributed by atoms with van der Waals surface area (Å²) in [6.07, 6.45) is 7.39. The highest BCUT2D eigenvalue weighted by Gasteiger charge is 2.53. The number of carbonyl (C=O) groups excluding carboxylic acids is 3. The number of fused-ring (bicyclic) bond motifs is 1. The van der Waals surface area contributed by atoms with E-state index in [9.17, 15) is 14.4 Å². The number of halogens is 1. The second-order valence-electron chi connectivity index (χ2n) is 9.73. The molecule has 0 bridgehead atoms. The van der Waals surface area contributed by atoms with Gasteiger partial charge in [0.05, 0.1) is 12.9 Å². The van der Waals surface area contributed by atoms with Gasteiger partial charge >= 0.3 is 0 Å². The fraction of sp³-hybridized carbons (Fsp3) is 0.520. The molecule has 0 spiro atoms. The first-order valence-electron chi connectivity index (χ1n) is 12.1. The summed E-state index contributed by atoms with van der Waals surface area (Å²) in [7, 11) is 0. The van der Waals surface area contributed by atoms with E-state index in [4.69, 9.17) is 11.6 Å². The third-order valence-corrected chi connectivity index (χ3v) is 7.53. The Bertz CT molecular complexity index is 1120. The van der Waals surface area contributed by atoms with Crippen LogP contribution in [0.2, 0.25) is 5.02 Å². The predicted octanol–water partition coefficient (Wildman–Crippen LogP) is 3.25. The normalized spacial score (nSPS) is 22.8. The van der Waals surface area contributed by atoms with Crippen LogP contribution in [0, 0.1) is 0 Å². The van der Waals surface area contributed by atoms with Gasteiger partial charge in [-0.2, -0.15) is 0 Å². The maximum Gasteiger partial charge on any atom is 0.274 e. The van der Waals surface area contributed by atoms with Crippen LogP contribution < -0.4 is 5.32 Å². The highest BCUT2D eigenvalue weighted by molar-refractivity contribution is 6.31. The molecule has 2 aliphatic heterocycles. The third kappa shape index (κ3) is 4.08. The van der Waals surface area contributed by atoms with Crippen LogP contribution in [0.4, 0.5) is 0 Å².